The SMILES string of the molecule is C=Nc1cccc2c1C(=O)N(C1CCC(=O)NC1=O)C2=O.CC. The van der Waals surface area contributed by atoms with Gasteiger partial charge in [-0.05, 0) is 25.3 Å². The number of imide groups is 2. The first-order valence-electron chi connectivity index (χ1n) is 7.36. The largest absolute Gasteiger partial charge is 0.295 e. The molecule has 1 saturated heterocycles. The predicted molar refractivity (Wildman–Crippen MR) is 83.7 cm³/mol. The average Bonchev–Trinajstić information content (AvgIpc) is 2.81. The van der Waals surface area contributed by atoms with Crippen LogP contribution in [-0.2, 0) is 9.59 Å². The Morgan fingerprint density at radius 2 is 1.87 bits per heavy atom. The summed E-state index contributed by atoms with van der Waals surface area (Å²) in [5.41, 5.74) is 0.664. The Hall–Kier alpha value is -2.83. The highest BCUT2D eigenvalue weighted by Crippen LogP contribution is 2.33. The summed E-state index contributed by atoms with van der Waals surface area (Å²) in [5, 5.41) is 2.14. The van der Waals surface area contributed by atoms with Gasteiger partial charge in [0.15, 0.2) is 0 Å². The third-order valence-electron chi connectivity index (χ3n) is 3.62. The van der Waals surface area contributed by atoms with Crippen LogP contribution in [0.2, 0.25) is 0 Å². The molecule has 1 aromatic carbocycles. The standard InChI is InChI=1S/C14H11N3O4.C2H6/c1-15-8-4-2-3-7-11(8)14(21)17(13(7)20)9-5-6-10(18)16-12(9)19;1-2/h2-4,9H,1,5-6H2,(H,16,18,19);1-2H3. The first-order chi connectivity index (χ1) is 11.0. The van der Waals surface area contributed by atoms with E-state index in [1.165, 1.54) is 6.07 Å². The molecule has 1 fully saturated rings. The number of aliphatic imine (C=N–C) groups is 1. The summed E-state index contributed by atoms with van der Waals surface area (Å²) in [6, 6.07) is 3.72. The van der Waals surface area contributed by atoms with E-state index in [-0.39, 0.29) is 24.0 Å². The van der Waals surface area contributed by atoms with Gasteiger partial charge in [-0.1, -0.05) is 19.9 Å². The topological polar surface area (TPSA) is 95.9 Å². The van der Waals surface area contributed by atoms with Crippen LogP contribution in [0.1, 0.15) is 47.4 Å². The van der Waals surface area contributed by atoms with Gasteiger partial charge in [0.1, 0.15) is 6.04 Å². The molecule has 0 bridgehead atoms. The number of hydrogen-bond acceptors (Lipinski definition) is 5. The number of nitrogens with one attached hydrogen (secondary N) is 1. The van der Waals surface area contributed by atoms with Crippen molar-refractivity contribution < 1.29 is 19.2 Å². The zero-order valence-corrected chi connectivity index (χ0v) is 13.0. The van der Waals surface area contributed by atoms with Crippen molar-refractivity contribution in [3.05, 3.63) is 29.3 Å². The second-order valence-electron chi connectivity index (χ2n) is 4.81. The molecule has 0 aliphatic carbocycles. The van der Waals surface area contributed by atoms with Gasteiger partial charge < -0.3 is 0 Å². The Morgan fingerprint density at radius 1 is 1.17 bits per heavy atom. The van der Waals surface area contributed by atoms with E-state index in [0.29, 0.717) is 5.69 Å². The van der Waals surface area contributed by atoms with Crippen LogP contribution in [-0.4, -0.2) is 41.3 Å². The van der Waals surface area contributed by atoms with Gasteiger partial charge in [-0.3, -0.25) is 34.4 Å². The first-order valence-corrected chi connectivity index (χ1v) is 7.36. The van der Waals surface area contributed by atoms with Gasteiger partial charge in [0.25, 0.3) is 11.8 Å². The highest BCUT2D eigenvalue weighted by atomic mass is 16.2. The molecule has 23 heavy (non-hydrogen) atoms. The first kappa shape index (κ1) is 16.5. The van der Waals surface area contributed by atoms with Crippen LogP contribution < -0.4 is 5.32 Å². The van der Waals surface area contributed by atoms with Crippen molar-refractivity contribution in [3.63, 3.8) is 0 Å². The Balaban J connectivity index is 0.000000924. The normalized spacial score (nSPS) is 19.7. The van der Waals surface area contributed by atoms with Gasteiger partial charge in [0.2, 0.25) is 11.8 Å². The lowest BCUT2D eigenvalue weighted by molar-refractivity contribution is -0.136. The molecular weight excluding hydrogens is 298 g/mol. The van der Waals surface area contributed by atoms with Gasteiger partial charge in [0.05, 0.1) is 16.8 Å². The number of carbonyl (C=O) groups is 4. The van der Waals surface area contributed by atoms with Crippen LogP contribution in [0.25, 0.3) is 0 Å². The lowest BCUT2D eigenvalue weighted by Gasteiger charge is -2.27. The van der Waals surface area contributed by atoms with Crippen LogP contribution >= 0.6 is 0 Å². The van der Waals surface area contributed by atoms with Crippen molar-refractivity contribution in [2.24, 2.45) is 4.99 Å². The van der Waals surface area contributed by atoms with Crippen molar-refractivity contribution in [3.8, 4) is 0 Å². The average molecular weight is 315 g/mol. The van der Waals surface area contributed by atoms with Gasteiger partial charge in [-0.25, -0.2) is 0 Å². The van der Waals surface area contributed by atoms with Crippen LogP contribution in [0, 0.1) is 0 Å². The molecule has 0 aromatic heterocycles. The number of carbonyl (C=O) groups excluding carboxylic acids is 4. The molecule has 120 valence electrons. The molecule has 7 nitrogen and oxygen atoms in total. The summed E-state index contributed by atoms with van der Waals surface area (Å²) >= 11 is 0. The third kappa shape index (κ3) is 2.65. The van der Waals surface area contributed by atoms with Crippen molar-refractivity contribution in [1.29, 1.82) is 0 Å². The fraction of sp³-hybridized carbons (Fsp3) is 0.312. The molecule has 4 amide bonds. The second kappa shape index (κ2) is 6.51. The molecule has 3 rings (SSSR count). The summed E-state index contributed by atoms with van der Waals surface area (Å²) in [7, 11) is 0. The fourth-order valence-corrected chi connectivity index (χ4v) is 2.63. The summed E-state index contributed by atoms with van der Waals surface area (Å²) in [5.74, 6) is -2.15. The van der Waals surface area contributed by atoms with E-state index in [1.807, 2.05) is 13.8 Å². The number of fused-ring (bicyclic) bond motifs is 1. The number of amides is 4. The van der Waals surface area contributed by atoms with E-state index in [9.17, 15) is 19.2 Å². The lowest BCUT2D eigenvalue weighted by atomic mass is 10.0. The van der Waals surface area contributed by atoms with E-state index in [2.05, 4.69) is 17.0 Å². The smallest absolute Gasteiger partial charge is 0.264 e. The zero-order valence-electron chi connectivity index (χ0n) is 13.0. The van der Waals surface area contributed by atoms with Crippen LogP contribution in [0.3, 0.4) is 0 Å². The molecule has 0 spiro atoms. The number of benzene rings is 1. The van der Waals surface area contributed by atoms with E-state index >= 15 is 0 Å². The lowest BCUT2D eigenvalue weighted by Crippen LogP contribution is -2.54. The molecule has 1 atom stereocenters. The van der Waals surface area contributed by atoms with Gasteiger partial charge >= 0.3 is 0 Å². The van der Waals surface area contributed by atoms with Gasteiger partial charge in [-0.2, -0.15) is 0 Å². The van der Waals surface area contributed by atoms with Crippen molar-refractivity contribution in [1.82, 2.24) is 10.2 Å². The molecule has 1 unspecified atom stereocenters. The molecule has 2 heterocycles. The van der Waals surface area contributed by atoms with Gasteiger partial charge in [-0.15, -0.1) is 0 Å². The highest BCUT2D eigenvalue weighted by molar-refractivity contribution is 6.25. The molecule has 0 radical (unpaired) electrons. The van der Waals surface area contributed by atoms with E-state index in [4.69, 9.17) is 0 Å². The quantitative estimate of drug-likeness (QED) is 0.660. The maximum Gasteiger partial charge on any atom is 0.264 e. The molecule has 0 saturated carbocycles. The summed E-state index contributed by atoms with van der Waals surface area (Å²) < 4.78 is 0. The van der Waals surface area contributed by atoms with Crippen molar-refractivity contribution in [2.75, 3.05) is 0 Å². The zero-order chi connectivity index (χ0) is 17.1. The summed E-state index contributed by atoms with van der Waals surface area (Å²) in [6.45, 7) is 7.37. The number of hydrogen-bond donors (Lipinski definition) is 1. The van der Waals surface area contributed by atoms with Crippen LogP contribution in [0.4, 0.5) is 5.69 Å². The predicted octanol–water partition coefficient (Wildman–Crippen LogP) is 1.45. The Bertz CT molecular complexity index is 711. The minimum atomic E-state index is -0.965. The molecule has 1 aromatic rings. The van der Waals surface area contributed by atoms with E-state index in [0.717, 1.165) is 4.90 Å². The highest BCUT2D eigenvalue weighted by Gasteiger charge is 2.45. The molecule has 7 heteroatoms. The molecule has 1 N–H and O–H groups in total. The Kier molecular flexibility index (Phi) is 4.68. The van der Waals surface area contributed by atoms with E-state index < -0.39 is 29.7 Å². The van der Waals surface area contributed by atoms with Crippen molar-refractivity contribution >= 4 is 36.0 Å². The third-order valence-corrected chi connectivity index (χ3v) is 3.62. The number of piperidine rings is 1. The maximum atomic E-state index is 12.5. The monoisotopic (exact) mass is 315 g/mol. The molecular formula is C16H17N3O4. The van der Waals surface area contributed by atoms with Crippen molar-refractivity contribution in [2.45, 2.75) is 32.7 Å². The Morgan fingerprint density at radius 3 is 2.48 bits per heavy atom. The van der Waals surface area contributed by atoms with E-state index in [1.54, 1.807) is 12.1 Å². The fourth-order valence-electron chi connectivity index (χ4n) is 2.63. The summed E-state index contributed by atoms with van der Waals surface area (Å²) in [6.07, 6.45) is 0.226. The second-order valence-corrected chi connectivity index (χ2v) is 4.81. The van der Waals surface area contributed by atoms with Crippen LogP contribution in [0.15, 0.2) is 23.2 Å². The molecule has 2 aliphatic rings. The van der Waals surface area contributed by atoms with Gasteiger partial charge in [0, 0.05) is 6.42 Å². The maximum absolute atomic E-state index is 12.5. The minimum absolute atomic E-state index is 0.0936. The molecule has 2 aliphatic heterocycles. The minimum Gasteiger partial charge on any atom is -0.295 e. The number of nitrogens with zero attached hydrogens (tertiary/aromatic N) is 2. The van der Waals surface area contributed by atoms with Crippen LogP contribution in [0.5, 0.6) is 0 Å². The summed E-state index contributed by atoms with van der Waals surface area (Å²) in [4.78, 5) is 52.5. The number of rotatable bonds is 2. The Labute approximate surface area is 133 Å².